The summed E-state index contributed by atoms with van der Waals surface area (Å²) < 4.78 is 15.4. The Labute approximate surface area is 173 Å². The highest BCUT2D eigenvalue weighted by Crippen LogP contribution is 2.31. The van der Waals surface area contributed by atoms with Crippen molar-refractivity contribution >= 4 is 17.5 Å². The molecule has 2 atom stereocenters. The first kappa shape index (κ1) is 19.6. The smallest absolute Gasteiger partial charge is 0.252 e. The summed E-state index contributed by atoms with van der Waals surface area (Å²) in [5, 5.41) is 11.1. The average Bonchev–Trinajstić information content (AvgIpc) is 3.06. The van der Waals surface area contributed by atoms with Crippen LogP contribution in [0.3, 0.4) is 0 Å². The van der Waals surface area contributed by atoms with Crippen LogP contribution in [0, 0.1) is 5.82 Å². The van der Waals surface area contributed by atoms with Crippen LogP contribution in [0.25, 0.3) is 11.3 Å². The van der Waals surface area contributed by atoms with E-state index < -0.39 is 0 Å². The van der Waals surface area contributed by atoms with E-state index in [1.165, 1.54) is 6.07 Å². The summed E-state index contributed by atoms with van der Waals surface area (Å²) in [4.78, 5) is 13.2. The molecular formula is C22H22ClFN4O. The van der Waals surface area contributed by atoms with Crippen molar-refractivity contribution in [2.24, 2.45) is 7.05 Å². The van der Waals surface area contributed by atoms with Gasteiger partial charge in [-0.1, -0.05) is 41.9 Å². The summed E-state index contributed by atoms with van der Waals surface area (Å²) in [6.07, 6.45) is 2.39. The van der Waals surface area contributed by atoms with E-state index in [1.807, 2.05) is 24.3 Å². The van der Waals surface area contributed by atoms with Gasteiger partial charge in [0, 0.05) is 36.7 Å². The molecule has 2 aromatic carbocycles. The number of carbonyl (C=O) groups excluding carboxylic acids is 1. The van der Waals surface area contributed by atoms with E-state index in [-0.39, 0.29) is 23.7 Å². The molecule has 29 heavy (non-hydrogen) atoms. The number of benzene rings is 2. The van der Waals surface area contributed by atoms with Crippen LogP contribution < -0.4 is 10.6 Å². The standard InChI is InChI=1S/C22H22ClFN4O/c1-28-21(19(23)12-26-28)17-7-2-3-8-18(17)22(29)27-20-13-25-10-9-16(20)14-5-4-6-15(24)11-14/h2-8,11-12,16,20,25H,9-10,13H2,1H3,(H,27,29)/t16-,20+/m0/s1. The molecule has 0 unspecified atom stereocenters. The van der Waals surface area contributed by atoms with Crippen molar-refractivity contribution in [1.29, 1.82) is 0 Å². The number of aryl methyl sites for hydroxylation is 1. The number of aromatic nitrogens is 2. The molecule has 0 radical (unpaired) electrons. The van der Waals surface area contributed by atoms with Crippen LogP contribution >= 0.6 is 11.6 Å². The van der Waals surface area contributed by atoms with Gasteiger partial charge in [0.05, 0.1) is 16.9 Å². The molecule has 1 fully saturated rings. The first-order chi connectivity index (χ1) is 14.0. The molecule has 0 saturated carbocycles. The molecule has 2 N–H and O–H groups in total. The van der Waals surface area contributed by atoms with Crippen LogP contribution in [-0.4, -0.2) is 34.8 Å². The lowest BCUT2D eigenvalue weighted by molar-refractivity contribution is 0.0925. The molecule has 7 heteroatoms. The van der Waals surface area contributed by atoms with Crippen molar-refractivity contribution in [3.8, 4) is 11.3 Å². The third kappa shape index (κ3) is 4.04. The van der Waals surface area contributed by atoms with Gasteiger partial charge in [-0.05, 0) is 36.7 Å². The second-order valence-corrected chi connectivity index (χ2v) is 7.65. The van der Waals surface area contributed by atoms with E-state index in [2.05, 4.69) is 15.7 Å². The largest absolute Gasteiger partial charge is 0.347 e. The second kappa shape index (κ2) is 8.35. The number of piperidine rings is 1. The van der Waals surface area contributed by atoms with Gasteiger partial charge in [0.15, 0.2) is 0 Å². The first-order valence-electron chi connectivity index (χ1n) is 9.58. The fourth-order valence-electron chi connectivity index (χ4n) is 3.99. The minimum absolute atomic E-state index is 0.0448. The van der Waals surface area contributed by atoms with Crippen molar-refractivity contribution in [1.82, 2.24) is 20.4 Å². The van der Waals surface area contributed by atoms with Gasteiger partial charge < -0.3 is 10.6 Å². The second-order valence-electron chi connectivity index (χ2n) is 7.24. The minimum Gasteiger partial charge on any atom is -0.347 e. The summed E-state index contributed by atoms with van der Waals surface area (Å²) in [6, 6.07) is 13.8. The van der Waals surface area contributed by atoms with Crippen LogP contribution in [0.15, 0.2) is 54.7 Å². The van der Waals surface area contributed by atoms with Gasteiger partial charge in [-0.25, -0.2) is 4.39 Å². The normalized spacial score (nSPS) is 19.1. The fraction of sp³-hybridized carbons (Fsp3) is 0.273. The summed E-state index contributed by atoms with van der Waals surface area (Å²) in [5.41, 5.74) is 2.85. The summed E-state index contributed by atoms with van der Waals surface area (Å²) in [6.45, 7) is 1.45. The zero-order chi connectivity index (χ0) is 20.4. The lowest BCUT2D eigenvalue weighted by Gasteiger charge is -2.33. The van der Waals surface area contributed by atoms with Gasteiger partial charge in [-0.15, -0.1) is 0 Å². The van der Waals surface area contributed by atoms with Crippen molar-refractivity contribution in [3.63, 3.8) is 0 Å². The number of amides is 1. The van der Waals surface area contributed by atoms with Crippen molar-refractivity contribution in [2.75, 3.05) is 13.1 Å². The molecule has 4 rings (SSSR count). The number of rotatable bonds is 4. The van der Waals surface area contributed by atoms with Gasteiger partial charge in [-0.3, -0.25) is 9.48 Å². The van der Waals surface area contributed by atoms with E-state index in [0.717, 1.165) is 24.1 Å². The van der Waals surface area contributed by atoms with E-state index in [4.69, 9.17) is 11.6 Å². The lowest BCUT2D eigenvalue weighted by Crippen LogP contribution is -2.50. The fourth-order valence-corrected chi connectivity index (χ4v) is 4.26. The third-order valence-corrected chi connectivity index (χ3v) is 5.67. The number of nitrogens with zero attached hydrogens (tertiary/aromatic N) is 2. The Morgan fingerprint density at radius 3 is 2.86 bits per heavy atom. The Bertz CT molecular complexity index is 1020. The van der Waals surface area contributed by atoms with E-state index in [0.29, 0.717) is 22.8 Å². The Balaban J connectivity index is 1.62. The first-order valence-corrected chi connectivity index (χ1v) is 9.96. The zero-order valence-electron chi connectivity index (χ0n) is 16.0. The molecule has 2 heterocycles. The molecule has 1 amide bonds. The number of nitrogens with one attached hydrogen (secondary N) is 2. The topological polar surface area (TPSA) is 59.0 Å². The highest BCUT2D eigenvalue weighted by molar-refractivity contribution is 6.33. The van der Waals surface area contributed by atoms with Gasteiger partial charge in [0.2, 0.25) is 0 Å². The Morgan fingerprint density at radius 2 is 2.10 bits per heavy atom. The molecule has 150 valence electrons. The summed E-state index contributed by atoms with van der Waals surface area (Å²) in [7, 11) is 1.79. The van der Waals surface area contributed by atoms with Crippen LogP contribution in [0.4, 0.5) is 4.39 Å². The molecule has 0 aliphatic carbocycles. The quantitative estimate of drug-likeness (QED) is 0.686. The summed E-state index contributed by atoms with van der Waals surface area (Å²) in [5.74, 6) is -0.404. The Hall–Kier alpha value is -2.70. The molecule has 0 bridgehead atoms. The zero-order valence-corrected chi connectivity index (χ0v) is 16.8. The molecule has 0 spiro atoms. The monoisotopic (exact) mass is 412 g/mol. The van der Waals surface area contributed by atoms with Crippen molar-refractivity contribution in [2.45, 2.75) is 18.4 Å². The number of carbonyl (C=O) groups is 1. The predicted molar refractivity (Wildman–Crippen MR) is 112 cm³/mol. The van der Waals surface area contributed by atoms with E-state index in [9.17, 15) is 9.18 Å². The highest BCUT2D eigenvalue weighted by Gasteiger charge is 2.29. The molecule has 5 nitrogen and oxygen atoms in total. The van der Waals surface area contributed by atoms with Gasteiger partial charge in [-0.2, -0.15) is 5.10 Å². The van der Waals surface area contributed by atoms with Crippen LogP contribution in [0.2, 0.25) is 5.02 Å². The Kier molecular flexibility index (Phi) is 5.65. The number of halogens is 2. The number of hydrogen-bond donors (Lipinski definition) is 2. The average molecular weight is 413 g/mol. The minimum atomic E-state index is -0.262. The maximum atomic E-state index is 13.7. The molecule has 1 aromatic heterocycles. The Morgan fingerprint density at radius 1 is 1.28 bits per heavy atom. The number of hydrogen-bond acceptors (Lipinski definition) is 3. The molecular weight excluding hydrogens is 391 g/mol. The van der Waals surface area contributed by atoms with Crippen LogP contribution in [0.5, 0.6) is 0 Å². The van der Waals surface area contributed by atoms with E-state index >= 15 is 0 Å². The lowest BCUT2D eigenvalue weighted by atomic mass is 9.85. The van der Waals surface area contributed by atoms with Crippen LogP contribution in [0.1, 0.15) is 28.3 Å². The van der Waals surface area contributed by atoms with Crippen molar-refractivity contribution in [3.05, 3.63) is 76.7 Å². The van der Waals surface area contributed by atoms with E-state index in [1.54, 1.807) is 36.1 Å². The highest BCUT2D eigenvalue weighted by atomic mass is 35.5. The van der Waals surface area contributed by atoms with Gasteiger partial charge in [0.1, 0.15) is 5.82 Å². The van der Waals surface area contributed by atoms with Crippen LogP contribution in [-0.2, 0) is 7.05 Å². The molecule has 1 aliphatic heterocycles. The van der Waals surface area contributed by atoms with Crippen molar-refractivity contribution < 1.29 is 9.18 Å². The molecule has 1 aliphatic rings. The predicted octanol–water partition coefficient (Wildman–Crippen LogP) is 3.76. The van der Waals surface area contributed by atoms with Gasteiger partial charge in [0.25, 0.3) is 5.91 Å². The maximum Gasteiger partial charge on any atom is 0.252 e. The molecule has 1 saturated heterocycles. The maximum absolute atomic E-state index is 13.7. The third-order valence-electron chi connectivity index (χ3n) is 5.40. The summed E-state index contributed by atoms with van der Waals surface area (Å²) >= 11 is 6.31. The SMILES string of the molecule is Cn1ncc(Cl)c1-c1ccccc1C(=O)N[C@@H]1CNCC[C@H]1c1cccc(F)c1. The molecule has 3 aromatic rings. The van der Waals surface area contributed by atoms with Gasteiger partial charge >= 0.3 is 0 Å².